The van der Waals surface area contributed by atoms with Crippen molar-refractivity contribution in [1.29, 1.82) is 0 Å². The van der Waals surface area contributed by atoms with Gasteiger partial charge in [-0.15, -0.1) is 0 Å². The molecule has 0 heterocycles. The van der Waals surface area contributed by atoms with Crippen LogP contribution in [-0.2, 0) is 23.7 Å². The topological polar surface area (TPSA) is 57.2 Å². The molecule has 0 radical (unpaired) electrons. The number of methoxy groups -OCH3 is 4. The molecule has 0 aromatic rings. The van der Waals surface area contributed by atoms with Crippen molar-refractivity contribution in [3.05, 3.63) is 12.2 Å². The van der Waals surface area contributed by atoms with Gasteiger partial charge >= 0.3 is 0 Å². The molecule has 1 amide bonds. The number of unbranched alkanes of at least 4 members (excludes halogenated alkanes) is 18. The monoisotopic (exact) mass is 598 g/mol. The average Bonchev–Trinajstić information content (AvgIpc) is 3.00. The van der Waals surface area contributed by atoms with Crippen LogP contribution < -0.4 is 0 Å². The molecule has 0 bridgehead atoms. The first-order valence-electron chi connectivity index (χ1n) is 17.3. The zero-order chi connectivity index (χ0) is 31.5. The molecule has 0 aliphatic heterocycles. The lowest BCUT2D eigenvalue weighted by Gasteiger charge is -2.26. The van der Waals surface area contributed by atoms with Crippen LogP contribution in [0.3, 0.4) is 0 Å². The van der Waals surface area contributed by atoms with E-state index >= 15 is 0 Å². The standard InChI is InChI=1S/C36H71NO5/c1-33(2)34(38)37(31-27-23-19-15-11-9-13-17-21-25-29-35(3,39-5)40-6)32-28-24-20-16-12-10-14-18-22-26-30-36(4,41-7)42-8/h1,9-32H2,2-8H3. The largest absolute Gasteiger partial charge is 0.353 e. The molecule has 0 aliphatic rings. The molecule has 0 rings (SSSR count). The van der Waals surface area contributed by atoms with Crippen molar-refractivity contribution >= 4 is 5.91 Å². The van der Waals surface area contributed by atoms with Gasteiger partial charge in [-0.2, -0.15) is 0 Å². The first-order valence-corrected chi connectivity index (χ1v) is 17.3. The third kappa shape index (κ3) is 21.7. The van der Waals surface area contributed by atoms with E-state index in [2.05, 4.69) is 11.5 Å². The molecular formula is C36H71NO5. The van der Waals surface area contributed by atoms with Gasteiger partial charge in [0.25, 0.3) is 0 Å². The lowest BCUT2D eigenvalue weighted by Crippen LogP contribution is -2.33. The van der Waals surface area contributed by atoms with Crippen LogP contribution in [0.5, 0.6) is 0 Å². The number of rotatable bonds is 31. The first-order chi connectivity index (χ1) is 20.2. The van der Waals surface area contributed by atoms with E-state index in [4.69, 9.17) is 18.9 Å². The second kappa shape index (κ2) is 26.5. The second-order valence-electron chi connectivity index (χ2n) is 12.7. The number of hydrogen-bond acceptors (Lipinski definition) is 5. The van der Waals surface area contributed by atoms with Crippen LogP contribution in [0.4, 0.5) is 0 Å². The molecule has 0 fully saturated rings. The molecule has 250 valence electrons. The van der Waals surface area contributed by atoms with Crippen molar-refractivity contribution in [2.75, 3.05) is 41.5 Å². The van der Waals surface area contributed by atoms with Crippen molar-refractivity contribution in [2.45, 2.75) is 174 Å². The van der Waals surface area contributed by atoms with Gasteiger partial charge < -0.3 is 23.8 Å². The Hall–Kier alpha value is -0.950. The van der Waals surface area contributed by atoms with Gasteiger partial charge in [-0.25, -0.2) is 0 Å². The summed E-state index contributed by atoms with van der Waals surface area (Å²) in [5, 5.41) is 0. The maximum atomic E-state index is 12.6. The molecule has 0 saturated carbocycles. The van der Waals surface area contributed by atoms with Crippen LogP contribution in [0, 0.1) is 0 Å². The molecule has 0 spiro atoms. The van der Waals surface area contributed by atoms with Crippen molar-refractivity contribution in [1.82, 2.24) is 4.90 Å². The summed E-state index contributed by atoms with van der Waals surface area (Å²) in [5.41, 5.74) is 0.665. The Balaban J connectivity index is 3.78. The minimum Gasteiger partial charge on any atom is -0.353 e. The quantitative estimate of drug-likeness (QED) is 0.0452. The van der Waals surface area contributed by atoms with Gasteiger partial charge in [0, 0.05) is 59.9 Å². The molecule has 0 N–H and O–H groups in total. The predicted octanol–water partition coefficient (Wildman–Crippen LogP) is 9.99. The van der Waals surface area contributed by atoms with E-state index < -0.39 is 11.6 Å². The number of ether oxygens (including phenoxy) is 4. The molecule has 0 aliphatic carbocycles. The minimum atomic E-state index is -0.427. The summed E-state index contributed by atoms with van der Waals surface area (Å²) in [4.78, 5) is 14.7. The number of hydrogen-bond donors (Lipinski definition) is 0. The summed E-state index contributed by atoms with van der Waals surface area (Å²) in [6.45, 7) is 11.5. The van der Waals surface area contributed by atoms with Crippen molar-refractivity contribution in [2.24, 2.45) is 0 Å². The summed E-state index contributed by atoms with van der Waals surface area (Å²) >= 11 is 0. The van der Waals surface area contributed by atoms with Crippen LogP contribution in [0.25, 0.3) is 0 Å². The Morgan fingerprint density at radius 1 is 0.500 bits per heavy atom. The Kier molecular flexibility index (Phi) is 25.9. The second-order valence-corrected chi connectivity index (χ2v) is 12.7. The number of carbonyl (C=O) groups excluding carboxylic acids is 1. The molecule has 0 unspecified atom stereocenters. The van der Waals surface area contributed by atoms with Crippen LogP contribution in [0.2, 0.25) is 0 Å². The first kappa shape index (κ1) is 41.0. The fourth-order valence-electron chi connectivity index (χ4n) is 5.49. The molecule has 0 atom stereocenters. The van der Waals surface area contributed by atoms with Crippen LogP contribution in [0.15, 0.2) is 12.2 Å². The van der Waals surface area contributed by atoms with E-state index in [0.29, 0.717) is 5.57 Å². The van der Waals surface area contributed by atoms with E-state index in [9.17, 15) is 4.79 Å². The highest BCUT2D eigenvalue weighted by molar-refractivity contribution is 5.92. The van der Waals surface area contributed by atoms with Gasteiger partial charge in [0.05, 0.1) is 0 Å². The van der Waals surface area contributed by atoms with Crippen LogP contribution in [-0.4, -0.2) is 63.9 Å². The Bertz CT molecular complexity index is 603. The van der Waals surface area contributed by atoms with E-state index in [0.717, 1.165) is 51.6 Å². The van der Waals surface area contributed by atoms with Crippen LogP contribution in [0.1, 0.15) is 162 Å². The van der Waals surface area contributed by atoms with E-state index in [1.54, 1.807) is 28.4 Å². The van der Waals surface area contributed by atoms with Crippen molar-refractivity contribution in [3.63, 3.8) is 0 Å². The molecule has 6 heteroatoms. The molecule has 6 nitrogen and oxygen atoms in total. The van der Waals surface area contributed by atoms with Gasteiger partial charge in [0.2, 0.25) is 5.91 Å². The summed E-state index contributed by atoms with van der Waals surface area (Å²) < 4.78 is 21.7. The zero-order valence-corrected chi connectivity index (χ0v) is 29.2. The third-order valence-electron chi connectivity index (χ3n) is 9.00. The Morgan fingerprint density at radius 3 is 0.976 bits per heavy atom. The normalized spacial score (nSPS) is 12.2. The van der Waals surface area contributed by atoms with Crippen molar-refractivity contribution in [3.8, 4) is 0 Å². The Labute approximate surface area is 261 Å². The number of amides is 1. The Morgan fingerprint density at radius 2 is 0.738 bits per heavy atom. The van der Waals surface area contributed by atoms with Gasteiger partial charge in [-0.05, 0) is 46.5 Å². The minimum absolute atomic E-state index is 0.141. The average molecular weight is 598 g/mol. The van der Waals surface area contributed by atoms with Gasteiger partial charge in [0.15, 0.2) is 11.6 Å². The van der Waals surface area contributed by atoms with E-state index in [1.807, 2.05) is 20.8 Å². The SMILES string of the molecule is C=C(C)C(=O)N(CCCCCCCCCCCCC(C)(OC)OC)CCCCCCCCCCCCC(C)(OC)OC. The molecular weight excluding hydrogens is 526 g/mol. The zero-order valence-electron chi connectivity index (χ0n) is 29.2. The fraction of sp³-hybridized carbons (Fsp3) is 0.917. The van der Waals surface area contributed by atoms with E-state index in [1.165, 1.54) is 103 Å². The summed E-state index contributed by atoms with van der Waals surface area (Å²) in [7, 11) is 6.87. The number of nitrogens with zero attached hydrogens (tertiary/aromatic N) is 1. The maximum absolute atomic E-state index is 12.6. The van der Waals surface area contributed by atoms with Crippen LogP contribution >= 0.6 is 0 Å². The van der Waals surface area contributed by atoms with Crippen molar-refractivity contribution < 1.29 is 23.7 Å². The maximum Gasteiger partial charge on any atom is 0.248 e. The summed E-state index contributed by atoms with van der Waals surface area (Å²) in [6.07, 6.45) is 27.1. The highest BCUT2D eigenvalue weighted by atomic mass is 16.7. The summed E-state index contributed by atoms with van der Waals surface area (Å²) in [6, 6.07) is 0. The fourth-order valence-corrected chi connectivity index (χ4v) is 5.49. The van der Waals surface area contributed by atoms with Gasteiger partial charge in [-0.3, -0.25) is 4.79 Å². The summed E-state index contributed by atoms with van der Waals surface area (Å²) in [5.74, 6) is -0.712. The molecule has 42 heavy (non-hydrogen) atoms. The van der Waals surface area contributed by atoms with E-state index in [-0.39, 0.29) is 5.91 Å². The highest BCUT2D eigenvalue weighted by Crippen LogP contribution is 2.21. The lowest BCUT2D eigenvalue weighted by atomic mass is 10.0. The number of carbonyl (C=O) groups is 1. The van der Waals surface area contributed by atoms with Gasteiger partial charge in [0.1, 0.15) is 0 Å². The molecule has 0 aromatic heterocycles. The smallest absolute Gasteiger partial charge is 0.248 e. The highest BCUT2D eigenvalue weighted by Gasteiger charge is 2.22. The lowest BCUT2D eigenvalue weighted by molar-refractivity contribution is -0.198. The third-order valence-corrected chi connectivity index (χ3v) is 9.00. The van der Waals surface area contributed by atoms with Gasteiger partial charge in [-0.1, -0.05) is 109 Å². The predicted molar refractivity (Wildman–Crippen MR) is 178 cm³/mol. The molecule has 0 saturated heterocycles. The molecule has 0 aromatic carbocycles.